The molecule has 0 spiro atoms. The summed E-state index contributed by atoms with van der Waals surface area (Å²) in [7, 11) is 0. The molecule has 0 fully saturated rings. The summed E-state index contributed by atoms with van der Waals surface area (Å²) in [4.78, 5) is 42.3. The lowest BCUT2D eigenvalue weighted by atomic mass is 10.1. The monoisotopic (exact) mass is 430 g/mol. The van der Waals surface area contributed by atoms with Crippen LogP contribution in [0.15, 0.2) is 12.3 Å². The number of rotatable bonds is 4. The van der Waals surface area contributed by atoms with Crippen molar-refractivity contribution in [3.63, 3.8) is 0 Å². The number of thiazole rings is 1. The Hall–Kier alpha value is -3.24. The SMILES string of the molecule is Cc1nc(CN2C(=O)/C(=C\c3cc(C(=O)O)c[nH]3)c3c(Cl)nc(N)nc32)sc1C. The van der Waals surface area contributed by atoms with Crippen LogP contribution in [0.25, 0.3) is 11.6 Å². The number of H-pyrrole nitrogens is 1. The van der Waals surface area contributed by atoms with Gasteiger partial charge in [0.25, 0.3) is 5.91 Å². The number of carboxylic acids is 1. The number of nitrogens with zero attached hydrogens (tertiary/aromatic N) is 4. The second-order valence-corrected chi connectivity index (χ2v) is 8.06. The second-order valence-electron chi connectivity index (χ2n) is 6.42. The molecule has 0 unspecified atom stereocenters. The molecule has 148 valence electrons. The summed E-state index contributed by atoms with van der Waals surface area (Å²) in [5.41, 5.74) is 7.76. The number of aryl methyl sites for hydroxylation is 2. The number of hydrogen-bond acceptors (Lipinski definition) is 7. The van der Waals surface area contributed by atoms with E-state index in [2.05, 4.69) is 19.9 Å². The maximum absolute atomic E-state index is 13.2. The number of nitrogens with two attached hydrogens (primary N) is 1. The summed E-state index contributed by atoms with van der Waals surface area (Å²) < 4.78 is 0. The second kappa shape index (κ2) is 6.98. The lowest BCUT2D eigenvalue weighted by Gasteiger charge is -2.14. The van der Waals surface area contributed by atoms with Crippen molar-refractivity contribution in [2.24, 2.45) is 0 Å². The third-order valence-electron chi connectivity index (χ3n) is 4.48. The van der Waals surface area contributed by atoms with Crippen molar-refractivity contribution in [3.05, 3.63) is 49.8 Å². The number of nitrogen functional groups attached to an aromatic ring is 1. The van der Waals surface area contributed by atoms with Gasteiger partial charge in [0, 0.05) is 16.8 Å². The van der Waals surface area contributed by atoms with Crippen LogP contribution in [-0.2, 0) is 11.3 Å². The maximum Gasteiger partial charge on any atom is 0.337 e. The first-order valence-corrected chi connectivity index (χ1v) is 9.65. The van der Waals surface area contributed by atoms with E-state index in [1.807, 2.05) is 13.8 Å². The lowest BCUT2D eigenvalue weighted by Crippen LogP contribution is -2.26. The van der Waals surface area contributed by atoms with E-state index in [1.165, 1.54) is 34.6 Å². The molecule has 9 nitrogen and oxygen atoms in total. The molecule has 4 N–H and O–H groups in total. The normalized spacial score (nSPS) is 14.7. The largest absolute Gasteiger partial charge is 0.478 e. The standard InChI is InChI=1S/C18H15ClN6O3S/c1-7-8(2)29-12(22-7)6-25-15-13(14(19)23-18(20)24-15)11(16(25)26)4-10-3-9(5-21-10)17(27)28/h3-5,21H,6H2,1-2H3,(H,27,28)(H2,20,23,24)/b11-4-. The number of amides is 1. The van der Waals surface area contributed by atoms with Crippen LogP contribution in [0.2, 0.25) is 5.15 Å². The lowest BCUT2D eigenvalue weighted by molar-refractivity contribution is -0.113. The molecule has 0 saturated carbocycles. The van der Waals surface area contributed by atoms with Crippen molar-refractivity contribution in [2.45, 2.75) is 20.4 Å². The highest BCUT2D eigenvalue weighted by Gasteiger charge is 2.37. The molecule has 1 aliphatic rings. The highest BCUT2D eigenvalue weighted by Crippen LogP contribution is 2.41. The quantitative estimate of drug-likeness (QED) is 0.427. The maximum atomic E-state index is 13.2. The van der Waals surface area contributed by atoms with Crippen molar-refractivity contribution in [2.75, 3.05) is 10.6 Å². The fourth-order valence-electron chi connectivity index (χ4n) is 3.01. The summed E-state index contributed by atoms with van der Waals surface area (Å²) in [6, 6.07) is 1.42. The van der Waals surface area contributed by atoms with E-state index < -0.39 is 5.97 Å². The van der Waals surface area contributed by atoms with Gasteiger partial charge in [0.1, 0.15) is 10.2 Å². The van der Waals surface area contributed by atoms with Crippen molar-refractivity contribution in [3.8, 4) is 0 Å². The van der Waals surface area contributed by atoms with Gasteiger partial charge in [-0.05, 0) is 26.0 Å². The molecule has 4 heterocycles. The number of carboxylic acid groups (broad SMARTS) is 1. The van der Waals surface area contributed by atoms with Crippen molar-refractivity contribution >= 4 is 58.2 Å². The molecule has 29 heavy (non-hydrogen) atoms. The number of carbonyl (C=O) groups excluding carboxylic acids is 1. The fraction of sp³-hybridized carbons (Fsp3) is 0.167. The van der Waals surface area contributed by atoms with Crippen molar-refractivity contribution < 1.29 is 14.7 Å². The zero-order chi connectivity index (χ0) is 20.9. The van der Waals surface area contributed by atoms with Gasteiger partial charge in [0.2, 0.25) is 5.95 Å². The minimum atomic E-state index is -1.07. The van der Waals surface area contributed by atoms with Gasteiger partial charge in [-0.1, -0.05) is 11.6 Å². The first-order valence-electron chi connectivity index (χ1n) is 8.46. The Morgan fingerprint density at radius 1 is 1.38 bits per heavy atom. The molecule has 1 aliphatic heterocycles. The Balaban J connectivity index is 1.80. The van der Waals surface area contributed by atoms with Crippen LogP contribution in [0.3, 0.4) is 0 Å². The number of anilines is 2. The Morgan fingerprint density at radius 3 is 2.76 bits per heavy atom. The zero-order valence-corrected chi connectivity index (χ0v) is 16.9. The number of aromatic carboxylic acids is 1. The number of halogens is 1. The van der Waals surface area contributed by atoms with E-state index in [4.69, 9.17) is 22.4 Å². The summed E-state index contributed by atoms with van der Waals surface area (Å²) >= 11 is 7.78. The van der Waals surface area contributed by atoms with Gasteiger partial charge >= 0.3 is 5.97 Å². The van der Waals surface area contributed by atoms with Crippen LogP contribution in [0.1, 0.15) is 37.2 Å². The van der Waals surface area contributed by atoms with E-state index in [-0.39, 0.29) is 34.7 Å². The fourth-order valence-corrected chi connectivity index (χ4v) is 4.21. The van der Waals surface area contributed by atoms with Crippen molar-refractivity contribution in [1.82, 2.24) is 19.9 Å². The third-order valence-corrected chi connectivity index (χ3v) is 5.81. The number of aromatic nitrogens is 4. The minimum Gasteiger partial charge on any atom is -0.478 e. The molecule has 1 amide bonds. The molecule has 4 rings (SSSR count). The van der Waals surface area contributed by atoms with Crippen LogP contribution in [0, 0.1) is 13.8 Å². The first kappa shape index (κ1) is 19.1. The van der Waals surface area contributed by atoms with Gasteiger partial charge in [0.15, 0.2) is 5.82 Å². The molecule has 0 aliphatic carbocycles. The van der Waals surface area contributed by atoms with E-state index >= 15 is 0 Å². The van der Waals surface area contributed by atoms with Gasteiger partial charge in [-0.2, -0.15) is 4.98 Å². The molecule has 0 saturated heterocycles. The summed E-state index contributed by atoms with van der Waals surface area (Å²) in [5.74, 6) is -1.17. The molecular weight excluding hydrogens is 416 g/mol. The summed E-state index contributed by atoms with van der Waals surface area (Å²) in [6.45, 7) is 4.08. The molecule has 3 aromatic heterocycles. The van der Waals surface area contributed by atoms with Crippen LogP contribution in [-0.4, -0.2) is 36.9 Å². The Labute approximate surface area is 173 Å². The third kappa shape index (κ3) is 3.36. The summed E-state index contributed by atoms with van der Waals surface area (Å²) in [5, 5.41) is 9.90. The summed E-state index contributed by atoms with van der Waals surface area (Å²) in [6.07, 6.45) is 2.87. The first-order chi connectivity index (χ1) is 13.7. The van der Waals surface area contributed by atoms with Crippen LogP contribution >= 0.6 is 22.9 Å². The topological polar surface area (TPSA) is 138 Å². The highest BCUT2D eigenvalue weighted by atomic mass is 35.5. The molecular formula is C18H15ClN6O3S. The molecule has 0 atom stereocenters. The molecule has 0 aromatic carbocycles. The smallest absolute Gasteiger partial charge is 0.337 e. The highest BCUT2D eigenvalue weighted by molar-refractivity contribution is 7.11. The van der Waals surface area contributed by atoms with Crippen molar-refractivity contribution in [1.29, 1.82) is 0 Å². The average molecular weight is 431 g/mol. The van der Waals surface area contributed by atoms with Crippen LogP contribution in [0.4, 0.5) is 11.8 Å². The molecule has 0 bridgehead atoms. The predicted molar refractivity (Wildman–Crippen MR) is 110 cm³/mol. The van der Waals surface area contributed by atoms with E-state index in [0.717, 1.165) is 15.6 Å². The van der Waals surface area contributed by atoms with Crippen LogP contribution in [0.5, 0.6) is 0 Å². The number of hydrogen-bond donors (Lipinski definition) is 3. The van der Waals surface area contributed by atoms with E-state index in [0.29, 0.717) is 17.1 Å². The number of fused-ring (bicyclic) bond motifs is 1. The number of nitrogens with one attached hydrogen (secondary N) is 1. The van der Waals surface area contributed by atoms with Gasteiger partial charge in [-0.3, -0.25) is 9.69 Å². The number of aromatic amines is 1. The Morgan fingerprint density at radius 2 is 2.14 bits per heavy atom. The molecule has 3 aromatic rings. The average Bonchev–Trinajstić information content (AvgIpc) is 3.30. The van der Waals surface area contributed by atoms with Gasteiger partial charge in [0.05, 0.1) is 28.9 Å². The van der Waals surface area contributed by atoms with Gasteiger partial charge in [-0.25, -0.2) is 14.8 Å². The molecule has 0 radical (unpaired) electrons. The Kier molecular flexibility index (Phi) is 4.59. The van der Waals surface area contributed by atoms with Gasteiger partial charge < -0.3 is 15.8 Å². The van der Waals surface area contributed by atoms with E-state index in [1.54, 1.807) is 0 Å². The zero-order valence-electron chi connectivity index (χ0n) is 15.4. The Bertz CT molecular complexity index is 1180. The molecule has 11 heteroatoms. The van der Waals surface area contributed by atoms with Crippen LogP contribution < -0.4 is 10.6 Å². The minimum absolute atomic E-state index is 0.0473. The number of carbonyl (C=O) groups is 2. The van der Waals surface area contributed by atoms with Gasteiger partial charge in [-0.15, -0.1) is 11.3 Å². The van der Waals surface area contributed by atoms with E-state index in [9.17, 15) is 9.59 Å². The predicted octanol–water partition coefficient (Wildman–Crippen LogP) is 2.90.